The normalized spacial score (nSPS) is 10.6. The molecule has 7 nitrogen and oxygen atoms in total. The number of thiazole rings is 1. The molecule has 0 saturated heterocycles. The van der Waals surface area contributed by atoms with Gasteiger partial charge < -0.3 is 5.32 Å². The van der Waals surface area contributed by atoms with Crippen molar-refractivity contribution in [3.63, 3.8) is 0 Å². The van der Waals surface area contributed by atoms with Crippen molar-refractivity contribution in [2.45, 2.75) is 0 Å². The zero-order valence-corrected chi connectivity index (χ0v) is 16.9. The fourth-order valence-electron chi connectivity index (χ4n) is 2.83. The molecule has 4 aromatic rings. The van der Waals surface area contributed by atoms with Gasteiger partial charge in [-0.15, -0.1) is 11.3 Å². The predicted octanol–water partition coefficient (Wildman–Crippen LogP) is 5.69. The maximum absolute atomic E-state index is 12.6. The van der Waals surface area contributed by atoms with E-state index in [1.54, 1.807) is 30.6 Å². The highest BCUT2D eigenvalue weighted by molar-refractivity contribution is 7.13. The van der Waals surface area contributed by atoms with Crippen LogP contribution in [0.5, 0.6) is 0 Å². The number of hydrogen-bond acceptors (Lipinski definition) is 6. The van der Waals surface area contributed by atoms with Gasteiger partial charge in [0.2, 0.25) is 0 Å². The lowest BCUT2D eigenvalue weighted by Crippen LogP contribution is -2.14. The maximum Gasteiger partial charge on any atom is 0.282 e. The number of carbonyl (C=O) groups is 1. The molecule has 0 aliphatic heterocycles. The van der Waals surface area contributed by atoms with Crippen molar-refractivity contribution in [1.29, 1.82) is 0 Å². The molecule has 0 aliphatic carbocycles. The number of aromatic nitrogens is 2. The van der Waals surface area contributed by atoms with Crippen LogP contribution in [0, 0.1) is 10.1 Å². The summed E-state index contributed by atoms with van der Waals surface area (Å²) in [5.41, 5.74) is 2.55. The van der Waals surface area contributed by atoms with E-state index in [0.29, 0.717) is 5.69 Å². The van der Waals surface area contributed by atoms with Crippen molar-refractivity contribution in [2.75, 3.05) is 5.32 Å². The molecule has 0 fully saturated rings. The number of nitro groups is 1. The minimum atomic E-state index is -0.615. The van der Waals surface area contributed by atoms with E-state index >= 15 is 0 Å². The highest BCUT2D eigenvalue weighted by Crippen LogP contribution is 2.30. The van der Waals surface area contributed by atoms with Crippen LogP contribution in [-0.4, -0.2) is 20.8 Å². The molecular weight excluding hydrogens is 424 g/mol. The Morgan fingerprint density at radius 3 is 2.70 bits per heavy atom. The van der Waals surface area contributed by atoms with E-state index in [-0.39, 0.29) is 16.3 Å². The predicted molar refractivity (Wildman–Crippen MR) is 117 cm³/mol. The van der Waals surface area contributed by atoms with Gasteiger partial charge in [-0.05, 0) is 36.4 Å². The summed E-state index contributed by atoms with van der Waals surface area (Å²) in [6.07, 6.45) is 3.45. The van der Waals surface area contributed by atoms with Crippen LogP contribution in [0.1, 0.15) is 10.4 Å². The van der Waals surface area contributed by atoms with Crippen LogP contribution in [0.25, 0.3) is 21.8 Å². The molecule has 148 valence electrons. The number of carbonyl (C=O) groups excluding carboxylic acids is 1. The zero-order valence-electron chi connectivity index (χ0n) is 15.3. The SMILES string of the molecule is O=C(Nc1cccc(-c2csc(-c3cccnc3)n2)c1)c1cc(Cl)ccc1[N+](=O)[O-]. The summed E-state index contributed by atoms with van der Waals surface area (Å²) in [5.74, 6) is -0.615. The van der Waals surface area contributed by atoms with Gasteiger partial charge in [0.05, 0.1) is 10.6 Å². The lowest BCUT2D eigenvalue weighted by Gasteiger charge is -2.07. The summed E-state index contributed by atoms with van der Waals surface area (Å²) in [6.45, 7) is 0. The smallest absolute Gasteiger partial charge is 0.282 e. The van der Waals surface area contributed by atoms with Gasteiger partial charge in [-0.25, -0.2) is 4.98 Å². The van der Waals surface area contributed by atoms with Crippen LogP contribution >= 0.6 is 22.9 Å². The fraction of sp³-hybridized carbons (Fsp3) is 0. The Balaban J connectivity index is 1.59. The van der Waals surface area contributed by atoms with Crippen molar-refractivity contribution in [2.24, 2.45) is 0 Å². The molecule has 0 spiro atoms. The number of nitro benzene ring substituents is 1. The van der Waals surface area contributed by atoms with Crippen LogP contribution < -0.4 is 5.32 Å². The lowest BCUT2D eigenvalue weighted by molar-refractivity contribution is -0.385. The first kappa shape index (κ1) is 19.7. The summed E-state index contributed by atoms with van der Waals surface area (Å²) in [6, 6.07) is 14.8. The monoisotopic (exact) mass is 436 g/mol. The lowest BCUT2D eigenvalue weighted by atomic mass is 10.1. The molecule has 2 heterocycles. The van der Waals surface area contributed by atoms with Crippen molar-refractivity contribution in [1.82, 2.24) is 9.97 Å². The van der Waals surface area contributed by atoms with Gasteiger partial charge in [-0.3, -0.25) is 19.9 Å². The third-order valence-electron chi connectivity index (χ3n) is 4.23. The van der Waals surface area contributed by atoms with Gasteiger partial charge in [0.25, 0.3) is 11.6 Å². The Hall–Kier alpha value is -3.62. The van der Waals surface area contributed by atoms with Crippen LogP contribution in [-0.2, 0) is 0 Å². The van der Waals surface area contributed by atoms with Gasteiger partial charge >= 0.3 is 0 Å². The number of amides is 1. The van der Waals surface area contributed by atoms with E-state index in [1.165, 1.54) is 29.5 Å². The summed E-state index contributed by atoms with van der Waals surface area (Å²) in [5, 5.41) is 16.9. The number of anilines is 1. The molecule has 0 atom stereocenters. The summed E-state index contributed by atoms with van der Waals surface area (Å²) >= 11 is 7.41. The molecule has 30 heavy (non-hydrogen) atoms. The first-order valence-corrected chi connectivity index (χ1v) is 9.99. The van der Waals surface area contributed by atoms with E-state index in [4.69, 9.17) is 11.6 Å². The third-order valence-corrected chi connectivity index (χ3v) is 5.36. The molecule has 9 heteroatoms. The number of rotatable bonds is 5. The molecule has 1 N–H and O–H groups in total. The van der Waals surface area contributed by atoms with E-state index in [0.717, 1.165) is 21.8 Å². The largest absolute Gasteiger partial charge is 0.322 e. The number of nitrogens with one attached hydrogen (secondary N) is 1. The standard InChI is InChI=1S/C21H13ClN4O3S/c22-15-6-7-19(26(28)29)17(10-15)20(27)24-16-5-1-3-13(9-16)18-12-30-21(25-18)14-4-2-8-23-11-14/h1-12H,(H,24,27). The van der Waals surface area contributed by atoms with Crippen LogP contribution in [0.3, 0.4) is 0 Å². The van der Waals surface area contributed by atoms with Crippen molar-refractivity contribution in [3.8, 4) is 21.8 Å². The molecule has 2 aromatic carbocycles. The zero-order chi connectivity index (χ0) is 21.1. The highest BCUT2D eigenvalue weighted by atomic mass is 35.5. The van der Waals surface area contributed by atoms with Crippen molar-refractivity contribution >= 4 is 40.2 Å². The molecule has 4 rings (SSSR count). The Bertz CT molecular complexity index is 1240. The first-order valence-electron chi connectivity index (χ1n) is 8.73. The van der Waals surface area contributed by atoms with Crippen molar-refractivity contribution in [3.05, 3.63) is 93.1 Å². The van der Waals surface area contributed by atoms with Gasteiger partial charge in [0.15, 0.2) is 0 Å². The van der Waals surface area contributed by atoms with Crippen LogP contribution in [0.15, 0.2) is 72.4 Å². The van der Waals surface area contributed by atoms with E-state index in [1.807, 2.05) is 23.6 Å². The second kappa shape index (κ2) is 8.40. The maximum atomic E-state index is 12.6. The molecule has 0 aliphatic rings. The molecule has 0 bridgehead atoms. The number of nitrogens with zero attached hydrogens (tertiary/aromatic N) is 3. The molecule has 0 saturated carbocycles. The van der Waals surface area contributed by atoms with Gasteiger partial charge in [-0.1, -0.05) is 23.7 Å². The molecule has 1 amide bonds. The summed E-state index contributed by atoms with van der Waals surface area (Å²) in [7, 11) is 0. The number of pyridine rings is 1. The van der Waals surface area contributed by atoms with Gasteiger partial charge in [-0.2, -0.15) is 0 Å². The van der Waals surface area contributed by atoms with Crippen LogP contribution in [0.2, 0.25) is 5.02 Å². The van der Waals surface area contributed by atoms with Gasteiger partial charge in [0.1, 0.15) is 10.6 Å². The van der Waals surface area contributed by atoms with Crippen LogP contribution in [0.4, 0.5) is 11.4 Å². The number of hydrogen-bond donors (Lipinski definition) is 1. The Morgan fingerprint density at radius 1 is 1.10 bits per heavy atom. The Labute approximate surface area is 180 Å². The first-order chi connectivity index (χ1) is 14.5. The summed E-state index contributed by atoms with van der Waals surface area (Å²) in [4.78, 5) is 32.0. The fourth-order valence-corrected chi connectivity index (χ4v) is 3.82. The van der Waals surface area contributed by atoms with Gasteiger partial charge in [0, 0.05) is 45.7 Å². The molecular formula is C21H13ClN4O3S. The third kappa shape index (κ3) is 4.19. The van der Waals surface area contributed by atoms with Crippen molar-refractivity contribution < 1.29 is 9.72 Å². The summed E-state index contributed by atoms with van der Waals surface area (Å²) < 4.78 is 0. The number of benzene rings is 2. The van der Waals surface area contributed by atoms with E-state index in [2.05, 4.69) is 15.3 Å². The van der Waals surface area contributed by atoms with E-state index < -0.39 is 10.8 Å². The minimum Gasteiger partial charge on any atom is -0.322 e. The average molecular weight is 437 g/mol. The average Bonchev–Trinajstić information content (AvgIpc) is 3.25. The topological polar surface area (TPSA) is 98.0 Å². The van der Waals surface area contributed by atoms with E-state index in [9.17, 15) is 14.9 Å². The second-order valence-electron chi connectivity index (χ2n) is 6.23. The minimum absolute atomic E-state index is 0.106. The number of halogens is 1. The second-order valence-corrected chi connectivity index (χ2v) is 7.53. The Morgan fingerprint density at radius 2 is 1.93 bits per heavy atom. The molecule has 0 unspecified atom stereocenters. The molecule has 0 radical (unpaired) electrons. The molecule has 2 aromatic heterocycles. The quantitative estimate of drug-likeness (QED) is 0.320. The highest BCUT2D eigenvalue weighted by Gasteiger charge is 2.21. The Kier molecular flexibility index (Phi) is 5.51.